The third-order valence-electron chi connectivity index (χ3n) is 14.2. The van der Waals surface area contributed by atoms with Gasteiger partial charge in [-0.2, -0.15) is 0 Å². The topological polar surface area (TPSA) is 175 Å². The van der Waals surface area contributed by atoms with E-state index in [4.69, 9.17) is 14.2 Å². The molecule has 0 saturated carbocycles. The van der Waals surface area contributed by atoms with Crippen molar-refractivity contribution in [2.75, 3.05) is 19.8 Å². The monoisotopic (exact) mass is 1030 g/mol. The maximum Gasteiger partial charge on any atom is 0.305 e. The van der Waals surface area contributed by atoms with E-state index in [9.17, 15) is 35.1 Å². The number of carbonyl (C=O) groups excluding carboxylic acids is 2. The van der Waals surface area contributed by atoms with E-state index in [1.54, 1.807) is 6.08 Å². The van der Waals surface area contributed by atoms with Crippen molar-refractivity contribution in [3.63, 3.8) is 0 Å². The van der Waals surface area contributed by atoms with Crippen LogP contribution in [-0.2, 0) is 23.8 Å². The van der Waals surface area contributed by atoms with E-state index in [0.717, 1.165) is 70.6 Å². The van der Waals surface area contributed by atoms with Crippen LogP contribution in [-0.4, -0.2) is 100 Å². The van der Waals surface area contributed by atoms with Crippen molar-refractivity contribution in [1.82, 2.24) is 5.32 Å². The number of rotatable bonds is 52. The first-order valence-corrected chi connectivity index (χ1v) is 30.4. The highest BCUT2D eigenvalue weighted by atomic mass is 16.7. The first-order chi connectivity index (χ1) is 35.7. The summed E-state index contributed by atoms with van der Waals surface area (Å²) in [4.78, 5) is 25.0. The van der Waals surface area contributed by atoms with Gasteiger partial charge in [0.2, 0.25) is 5.91 Å². The smallest absolute Gasteiger partial charge is 0.305 e. The van der Waals surface area contributed by atoms with Crippen molar-refractivity contribution in [1.29, 1.82) is 0 Å². The van der Waals surface area contributed by atoms with Crippen LogP contribution in [0.4, 0.5) is 0 Å². The Labute approximate surface area is 446 Å². The van der Waals surface area contributed by atoms with E-state index in [-0.39, 0.29) is 18.5 Å². The van der Waals surface area contributed by atoms with Crippen LogP contribution in [0.5, 0.6) is 0 Å². The summed E-state index contributed by atoms with van der Waals surface area (Å²) in [6.07, 6.45) is 55.0. The molecule has 0 aliphatic carbocycles. The second-order valence-electron chi connectivity index (χ2n) is 21.0. The van der Waals surface area contributed by atoms with Crippen molar-refractivity contribution >= 4 is 11.9 Å². The second-order valence-corrected chi connectivity index (χ2v) is 21.0. The largest absolute Gasteiger partial charge is 0.465 e. The average molecular weight is 1030 g/mol. The van der Waals surface area contributed by atoms with Gasteiger partial charge in [-0.15, -0.1) is 0 Å². The number of hydrogen-bond acceptors (Lipinski definition) is 10. The standard InChI is InChI=1S/C62H113NO10/c1-3-5-7-9-11-13-15-25-29-32-36-40-44-48-55(65)54(53-72-62-61(70)60(69)59(68)56(52-64)73-62)63-57(66)49-45-41-37-33-30-26-23-21-19-17-16-18-20-22-24-27-31-35-39-43-47-51-71-58(67)50-46-42-38-34-28-14-12-10-8-6-4-2/h10,12,27,31,39,43-44,48,54-56,59-62,64-65,68-70H,3-9,11,13-26,28-30,32-38,40-42,45-47,49-53H2,1-2H3,(H,63,66)/b12-10-,31-27-,43-39-,48-44+. The van der Waals surface area contributed by atoms with Gasteiger partial charge >= 0.3 is 5.97 Å². The molecule has 1 fully saturated rings. The van der Waals surface area contributed by atoms with E-state index in [2.05, 4.69) is 55.6 Å². The van der Waals surface area contributed by atoms with Gasteiger partial charge in [-0.1, -0.05) is 236 Å². The number of amides is 1. The Balaban J connectivity index is 2.10. The van der Waals surface area contributed by atoms with Gasteiger partial charge in [-0.3, -0.25) is 9.59 Å². The number of nitrogens with one attached hydrogen (secondary N) is 1. The molecule has 0 aromatic carbocycles. The lowest BCUT2D eigenvalue weighted by Crippen LogP contribution is -2.60. The third-order valence-corrected chi connectivity index (χ3v) is 14.2. The van der Waals surface area contributed by atoms with Gasteiger partial charge in [0, 0.05) is 12.8 Å². The molecule has 7 atom stereocenters. The van der Waals surface area contributed by atoms with Crippen molar-refractivity contribution < 1.29 is 49.3 Å². The molecule has 1 aliphatic heterocycles. The fraction of sp³-hybridized carbons (Fsp3) is 0.839. The third kappa shape index (κ3) is 41.5. The van der Waals surface area contributed by atoms with E-state index >= 15 is 0 Å². The molecule has 1 rings (SSSR count). The van der Waals surface area contributed by atoms with Gasteiger partial charge in [0.1, 0.15) is 24.4 Å². The summed E-state index contributed by atoms with van der Waals surface area (Å²) < 4.78 is 16.6. The normalized spacial score (nSPS) is 19.2. The zero-order valence-electron chi connectivity index (χ0n) is 46.8. The Hall–Kier alpha value is -2.38. The Morgan fingerprint density at radius 2 is 0.932 bits per heavy atom. The molecule has 1 saturated heterocycles. The van der Waals surface area contributed by atoms with Gasteiger partial charge in [0.25, 0.3) is 0 Å². The van der Waals surface area contributed by atoms with E-state index < -0.39 is 49.5 Å². The first kappa shape index (κ1) is 68.6. The summed E-state index contributed by atoms with van der Waals surface area (Å²) in [5.74, 6) is -0.247. The highest BCUT2D eigenvalue weighted by Crippen LogP contribution is 2.23. The summed E-state index contributed by atoms with van der Waals surface area (Å²) in [7, 11) is 0. The lowest BCUT2D eigenvalue weighted by Gasteiger charge is -2.40. The van der Waals surface area contributed by atoms with Crippen LogP contribution in [0.25, 0.3) is 0 Å². The Bertz CT molecular complexity index is 1350. The zero-order valence-corrected chi connectivity index (χ0v) is 46.8. The lowest BCUT2D eigenvalue weighted by molar-refractivity contribution is -0.302. The maximum absolute atomic E-state index is 13.0. The van der Waals surface area contributed by atoms with E-state index in [0.29, 0.717) is 19.4 Å². The minimum absolute atomic E-state index is 0.0599. The molecule has 11 heteroatoms. The van der Waals surface area contributed by atoms with Gasteiger partial charge in [0.05, 0.1) is 32.0 Å². The number of esters is 1. The van der Waals surface area contributed by atoms with Crippen LogP contribution >= 0.6 is 0 Å². The Morgan fingerprint density at radius 1 is 0.507 bits per heavy atom. The molecule has 0 spiro atoms. The molecular weight excluding hydrogens is 919 g/mol. The quantitative estimate of drug-likeness (QED) is 0.0195. The minimum atomic E-state index is -1.57. The lowest BCUT2D eigenvalue weighted by atomic mass is 9.99. The molecule has 0 radical (unpaired) electrons. The SMILES string of the molecule is CCCC/C=C\CCCCCCCC(=O)OCC/C=C\C/C=C\CCCCCCCCCCCCCCCCC(=O)NC(COC1OC(CO)C(O)C(O)C1O)C(O)/C=C/CCCCCCCCCCCCC. The molecule has 426 valence electrons. The molecule has 1 heterocycles. The minimum Gasteiger partial charge on any atom is -0.465 e. The van der Waals surface area contributed by atoms with Crippen LogP contribution in [0.2, 0.25) is 0 Å². The highest BCUT2D eigenvalue weighted by molar-refractivity contribution is 5.76. The Kier molecular flexibility index (Phi) is 48.6. The van der Waals surface area contributed by atoms with Gasteiger partial charge in [-0.25, -0.2) is 0 Å². The van der Waals surface area contributed by atoms with Crippen molar-refractivity contribution in [2.45, 2.75) is 314 Å². The van der Waals surface area contributed by atoms with Crippen LogP contribution in [0, 0.1) is 0 Å². The fourth-order valence-electron chi connectivity index (χ4n) is 9.31. The molecule has 11 nitrogen and oxygen atoms in total. The van der Waals surface area contributed by atoms with Crippen LogP contribution in [0.15, 0.2) is 48.6 Å². The molecule has 73 heavy (non-hydrogen) atoms. The number of ether oxygens (including phenoxy) is 3. The zero-order chi connectivity index (χ0) is 53.1. The number of allylic oxidation sites excluding steroid dienone is 6. The molecule has 6 N–H and O–H groups in total. The van der Waals surface area contributed by atoms with Crippen molar-refractivity contribution in [3.05, 3.63) is 48.6 Å². The van der Waals surface area contributed by atoms with Crippen molar-refractivity contribution in [2.24, 2.45) is 0 Å². The average Bonchev–Trinajstić information content (AvgIpc) is 3.39. The predicted octanol–water partition coefficient (Wildman–Crippen LogP) is 14.1. The summed E-state index contributed by atoms with van der Waals surface area (Å²) in [6.45, 7) is 4.19. The highest BCUT2D eigenvalue weighted by Gasteiger charge is 2.44. The summed E-state index contributed by atoms with van der Waals surface area (Å²) >= 11 is 0. The molecule has 1 amide bonds. The second kappa shape index (κ2) is 51.7. The number of hydrogen-bond donors (Lipinski definition) is 6. The number of aliphatic hydroxyl groups excluding tert-OH is 5. The molecule has 0 aromatic heterocycles. The number of aliphatic hydroxyl groups is 5. The molecule has 7 unspecified atom stereocenters. The van der Waals surface area contributed by atoms with Gasteiger partial charge < -0.3 is 45.1 Å². The van der Waals surface area contributed by atoms with Gasteiger partial charge in [0.15, 0.2) is 6.29 Å². The van der Waals surface area contributed by atoms with E-state index in [1.807, 2.05) is 6.08 Å². The van der Waals surface area contributed by atoms with Gasteiger partial charge in [-0.05, 0) is 70.6 Å². The Morgan fingerprint density at radius 3 is 1.44 bits per heavy atom. The maximum atomic E-state index is 13.0. The molecule has 0 bridgehead atoms. The van der Waals surface area contributed by atoms with Crippen LogP contribution in [0.3, 0.4) is 0 Å². The van der Waals surface area contributed by atoms with E-state index in [1.165, 1.54) is 173 Å². The van der Waals surface area contributed by atoms with Crippen molar-refractivity contribution in [3.8, 4) is 0 Å². The first-order valence-electron chi connectivity index (χ1n) is 30.4. The predicted molar refractivity (Wildman–Crippen MR) is 301 cm³/mol. The summed E-state index contributed by atoms with van der Waals surface area (Å²) in [6, 6.07) is -0.814. The summed E-state index contributed by atoms with van der Waals surface area (Å²) in [5.41, 5.74) is 0. The molecular formula is C62H113NO10. The fourth-order valence-corrected chi connectivity index (χ4v) is 9.31. The van der Waals surface area contributed by atoms with Crippen LogP contribution < -0.4 is 5.32 Å². The number of unbranched alkanes of at least 4 members (excludes halogenated alkanes) is 32. The van der Waals surface area contributed by atoms with Crippen LogP contribution in [0.1, 0.15) is 271 Å². The number of carbonyl (C=O) groups is 2. The molecule has 1 aliphatic rings. The summed E-state index contributed by atoms with van der Waals surface area (Å²) in [5, 5.41) is 54.4. The molecule has 0 aromatic rings.